The number of likely N-dealkylation sites (tertiary alicyclic amines) is 1. The van der Waals surface area contributed by atoms with Gasteiger partial charge < -0.3 is 9.32 Å². The van der Waals surface area contributed by atoms with Gasteiger partial charge in [0.05, 0.1) is 23.0 Å². The first-order valence-corrected chi connectivity index (χ1v) is 9.45. The van der Waals surface area contributed by atoms with Crippen LogP contribution < -0.4 is 0 Å². The maximum atomic E-state index is 12.9. The highest BCUT2D eigenvalue weighted by atomic mass is 32.1. The Hall–Kier alpha value is -2.40. The van der Waals surface area contributed by atoms with Crippen molar-refractivity contribution in [2.24, 2.45) is 0 Å². The lowest BCUT2D eigenvalue weighted by atomic mass is 10.0. The molecule has 1 aromatic carbocycles. The van der Waals surface area contributed by atoms with Crippen LogP contribution in [0.5, 0.6) is 0 Å². The fourth-order valence-electron chi connectivity index (χ4n) is 3.43. The van der Waals surface area contributed by atoms with E-state index >= 15 is 0 Å². The summed E-state index contributed by atoms with van der Waals surface area (Å²) >= 11 is 1.59. The first-order valence-electron chi connectivity index (χ1n) is 8.57. The molecule has 0 N–H and O–H groups in total. The zero-order chi connectivity index (χ0) is 17.2. The number of rotatable bonds is 4. The molecule has 1 amide bonds. The lowest BCUT2D eigenvalue weighted by Gasteiger charge is -2.25. The molecule has 25 heavy (non-hydrogen) atoms. The van der Waals surface area contributed by atoms with Crippen molar-refractivity contribution in [3.63, 3.8) is 0 Å². The maximum absolute atomic E-state index is 12.9. The van der Waals surface area contributed by atoms with E-state index < -0.39 is 0 Å². The van der Waals surface area contributed by atoms with Crippen molar-refractivity contribution in [2.75, 3.05) is 6.54 Å². The van der Waals surface area contributed by atoms with Crippen molar-refractivity contribution >= 4 is 17.2 Å². The van der Waals surface area contributed by atoms with Crippen molar-refractivity contribution in [1.29, 1.82) is 0 Å². The summed E-state index contributed by atoms with van der Waals surface area (Å²) in [5.74, 6) is 1.46. The molecule has 4 rings (SSSR count). The molecule has 2 aromatic heterocycles. The number of oxazole rings is 1. The fraction of sp³-hybridized carbons (Fsp3) is 0.300. The van der Waals surface area contributed by atoms with Gasteiger partial charge in [-0.1, -0.05) is 36.4 Å². The van der Waals surface area contributed by atoms with Gasteiger partial charge in [0.15, 0.2) is 0 Å². The molecule has 128 valence electrons. The quantitative estimate of drug-likeness (QED) is 0.688. The lowest BCUT2D eigenvalue weighted by Crippen LogP contribution is -2.32. The predicted octanol–water partition coefficient (Wildman–Crippen LogP) is 4.62. The number of aryl methyl sites for hydroxylation is 1. The van der Waals surface area contributed by atoms with Crippen LogP contribution in [0.3, 0.4) is 0 Å². The highest BCUT2D eigenvalue weighted by Crippen LogP contribution is 2.33. The zero-order valence-electron chi connectivity index (χ0n) is 14.1. The van der Waals surface area contributed by atoms with Gasteiger partial charge in [-0.3, -0.25) is 4.79 Å². The lowest BCUT2D eigenvalue weighted by molar-refractivity contribution is -0.131. The maximum Gasteiger partial charge on any atom is 0.236 e. The summed E-state index contributed by atoms with van der Waals surface area (Å²) in [5, 5.41) is 1.99. The monoisotopic (exact) mass is 352 g/mol. The Morgan fingerprint density at radius 2 is 2.12 bits per heavy atom. The van der Waals surface area contributed by atoms with Gasteiger partial charge in [-0.05, 0) is 36.8 Å². The summed E-state index contributed by atoms with van der Waals surface area (Å²) in [6.07, 6.45) is 2.36. The van der Waals surface area contributed by atoms with Crippen LogP contribution in [0.2, 0.25) is 0 Å². The molecule has 1 saturated heterocycles. The second-order valence-corrected chi connectivity index (χ2v) is 7.28. The van der Waals surface area contributed by atoms with Gasteiger partial charge in [-0.15, -0.1) is 11.3 Å². The predicted molar refractivity (Wildman–Crippen MR) is 98.4 cm³/mol. The SMILES string of the molecule is Cc1oc(-c2cccs2)nc1CC(=O)N1CCC[C@@H]1c1ccccc1. The van der Waals surface area contributed by atoms with Crippen LogP contribution in [0.4, 0.5) is 0 Å². The normalized spacial score (nSPS) is 17.2. The standard InChI is InChI=1S/C20H20N2O2S/c1-14-16(21-20(24-14)18-10-6-12-25-18)13-19(23)22-11-5-9-17(22)15-7-3-2-4-8-15/h2-4,6-8,10,12,17H,5,9,11,13H2,1H3/t17-/m1/s1. The molecule has 1 atom stereocenters. The molecule has 0 spiro atoms. The third-order valence-electron chi connectivity index (χ3n) is 4.70. The Balaban J connectivity index is 1.52. The van der Waals surface area contributed by atoms with Gasteiger partial charge in [0, 0.05) is 6.54 Å². The van der Waals surface area contributed by atoms with Gasteiger partial charge >= 0.3 is 0 Å². The third-order valence-corrected chi connectivity index (χ3v) is 5.56. The Morgan fingerprint density at radius 3 is 2.88 bits per heavy atom. The molecule has 1 aliphatic rings. The first-order chi connectivity index (χ1) is 12.2. The number of hydrogen-bond donors (Lipinski definition) is 0. The second kappa shape index (κ2) is 6.84. The molecule has 0 saturated carbocycles. The van der Waals surface area contributed by atoms with E-state index in [2.05, 4.69) is 17.1 Å². The molecule has 0 aliphatic carbocycles. The average molecular weight is 352 g/mol. The van der Waals surface area contributed by atoms with Crippen LogP contribution in [0.1, 0.15) is 35.9 Å². The van der Waals surface area contributed by atoms with Gasteiger partial charge in [-0.2, -0.15) is 0 Å². The smallest absolute Gasteiger partial charge is 0.236 e. The number of thiophene rings is 1. The Bertz CT molecular complexity index is 855. The van der Waals surface area contributed by atoms with Crippen LogP contribution in [-0.2, 0) is 11.2 Å². The van der Waals surface area contributed by atoms with Crippen molar-refractivity contribution in [1.82, 2.24) is 9.88 Å². The number of benzene rings is 1. The minimum absolute atomic E-state index is 0.125. The van der Waals surface area contributed by atoms with Crippen molar-refractivity contribution in [3.05, 3.63) is 64.9 Å². The van der Waals surface area contributed by atoms with Gasteiger partial charge in [-0.25, -0.2) is 4.98 Å². The van der Waals surface area contributed by atoms with Gasteiger partial charge in [0.1, 0.15) is 5.76 Å². The highest BCUT2D eigenvalue weighted by Gasteiger charge is 2.30. The summed E-state index contributed by atoms with van der Waals surface area (Å²) in [4.78, 5) is 20.4. The fourth-order valence-corrected chi connectivity index (χ4v) is 4.08. The molecule has 0 radical (unpaired) electrons. The summed E-state index contributed by atoms with van der Waals surface area (Å²) in [6, 6.07) is 14.4. The van der Waals surface area contributed by atoms with Crippen molar-refractivity contribution < 1.29 is 9.21 Å². The summed E-state index contributed by atoms with van der Waals surface area (Å²) in [7, 11) is 0. The number of carbonyl (C=O) groups excluding carboxylic acids is 1. The molecular weight excluding hydrogens is 332 g/mol. The van der Waals surface area contributed by atoms with E-state index in [1.165, 1.54) is 5.56 Å². The van der Waals surface area contributed by atoms with Crippen molar-refractivity contribution in [3.8, 4) is 10.8 Å². The number of carbonyl (C=O) groups is 1. The topological polar surface area (TPSA) is 46.3 Å². The van der Waals surface area contributed by atoms with E-state index in [0.29, 0.717) is 12.3 Å². The Labute approximate surface area is 151 Å². The van der Waals surface area contributed by atoms with Crippen LogP contribution in [0.25, 0.3) is 10.8 Å². The van der Waals surface area contributed by atoms with E-state index in [-0.39, 0.29) is 11.9 Å². The molecule has 5 heteroatoms. The molecule has 1 aliphatic heterocycles. The van der Waals surface area contributed by atoms with E-state index in [0.717, 1.165) is 35.7 Å². The number of nitrogens with zero attached hydrogens (tertiary/aromatic N) is 2. The Morgan fingerprint density at radius 1 is 1.28 bits per heavy atom. The molecular formula is C20H20N2O2S. The molecule has 3 heterocycles. The van der Waals surface area contributed by atoms with Gasteiger partial charge in [0.25, 0.3) is 0 Å². The molecule has 3 aromatic rings. The Kier molecular flexibility index (Phi) is 4.40. The molecule has 4 nitrogen and oxygen atoms in total. The average Bonchev–Trinajstić information content (AvgIpc) is 3.37. The number of amides is 1. The van der Waals surface area contributed by atoms with E-state index in [9.17, 15) is 4.79 Å². The van der Waals surface area contributed by atoms with Crippen molar-refractivity contribution in [2.45, 2.75) is 32.2 Å². The van der Waals surface area contributed by atoms with Crippen LogP contribution in [0, 0.1) is 6.92 Å². The zero-order valence-corrected chi connectivity index (χ0v) is 15.0. The molecule has 0 bridgehead atoms. The summed E-state index contributed by atoms with van der Waals surface area (Å²) in [5.41, 5.74) is 1.96. The highest BCUT2D eigenvalue weighted by molar-refractivity contribution is 7.13. The molecule has 1 fully saturated rings. The van der Waals surface area contributed by atoms with Crippen LogP contribution >= 0.6 is 11.3 Å². The largest absolute Gasteiger partial charge is 0.440 e. The first kappa shape index (κ1) is 16.1. The minimum atomic E-state index is 0.125. The van der Waals surface area contributed by atoms with Crippen LogP contribution in [0.15, 0.2) is 52.3 Å². The number of hydrogen-bond acceptors (Lipinski definition) is 4. The molecule has 0 unspecified atom stereocenters. The van der Waals surface area contributed by atoms with Gasteiger partial charge in [0.2, 0.25) is 11.8 Å². The van der Waals surface area contributed by atoms with Crippen LogP contribution in [-0.4, -0.2) is 22.3 Å². The third kappa shape index (κ3) is 3.24. The van der Waals surface area contributed by atoms with E-state index in [1.54, 1.807) is 11.3 Å². The number of aromatic nitrogens is 1. The van der Waals surface area contributed by atoms with E-state index in [4.69, 9.17) is 4.42 Å². The summed E-state index contributed by atoms with van der Waals surface area (Å²) < 4.78 is 5.76. The summed E-state index contributed by atoms with van der Waals surface area (Å²) in [6.45, 7) is 2.69. The van der Waals surface area contributed by atoms with E-state index in [1.807, 2.05) is 47.5 Å². The second-order valence-electron chi connectivity index (χ2n) is 6.33. The minimum Gasteiger partial charge on any atom is -0.440 e.